The molecule has 1 amide bonds. The van der Waals surface area contributed by atoms with E-state index in [1.165, 1.54) is 4.90 Å². The molecule has 198 valence electrons. The van der Waals surface area contributed by atoms with E-state index in [1.54, 1.807) is 25.3 Å². The molecule has 3 aromatic carbocycles. The van der Waals surface area contributed by atoms with Crippen LogP contribution >= 0.6 is 0 Å². The Kier molecular flexibility index (Phi) is 7.76. The van der Waals surface area contributed by atoms with Gasteiger partial charge in [-0.15, -0.1) is 0 Å². The molecule has 1 heterocycles. The summed E-state index contributed by atoms with van der Waals surface area (Å²) >= 11 is 0. The Hall–Kier alpha value is -4.26. The number of nitrogens with zero attached hydrogens (tertiary/aromatic N) is 3. The largest absolute Gasteiger partial charge is 0.507 e. The van der Waals surface area contributed by atoms with Gasteiger partial charge in [0.05, 0.1) is 18.7 Å². The van der Waals surface area contributed by atoms with Gasteiger partial charge < -0.3 is 19.6 Å². The zero-order valence-electron chi connectivity index (χ0n) is 22.9. The Morgan fingerprint density at radius 1 is 0.921 bits per heavy atom. The van der Waals surface area contributed by atoms with Gasteiger partial charge in [-0.2, -0.15) is 0 Å². The van der Waals surface area contributed by atoms with Crippen molar-refractivity contribution in [2.75, 3.05) is 49.0 Å². The monoisotopic (exact) mass is 513 g/mol. The minimum atomic E-state index is -0.784. The van der Waals surface area contributed by atoms with Gasteiger partial charge in [0.2, 0.25) is 0 Å². The number of Topliss-reactive ketones (excluding diaryl/α,β-unsaturated/α-hetero) is 1. The number of aliphatic hydroxyl groups excluding tert-OH is 1. The molecule has 1 saturated heterocycles. The van der Waals surface area contributed by atoms with E-state index in [0.717, 1.165) is 35.6 Å². The summed E-state index contributed by atoms with van der Waals surface area (Å²) in [6.45, 7) is 7.79. The third-order valence-corrected chi connectivity index (χ3v) is 7.09. The SMILES string of the molecule is CCN(CC)c1ccc(C2/C(=C(/O)c3ccc(OC)c(C)c3)C(=O)C(=O)N2c2ccc(N(C)C)cc2)cc1. The number of aliphatic hydroxyl groups is 1. The van der Waals surface area contributed by atoms with Crippen molar-refractivity contribution in [2.24, 2.45) is 0 Å². The average molecular weight is 514 g/mol. The van der Waals surface area contributed by atoms with Crippen LogP contribution in [0.3, 0.4) is 0 Å². The second kappa shape index (κ2) is 11.0. The molecule has 7 nitrogen and oxygen atoms in total. The van der Waals surface area contributed by atoms with Gasteiger partial charge in [0.1, 0.15) is 11.5 Å². The van der Waals surface area contributed by atoms with Crippen molar-refractivity contribution < 1.29 is 19.4 Å². The summed E-state index contributed by atoms with van der Waals surface area (Å²) in [7, 11) is 5.46. The van der Waals surface area contributed by atoms with Gasteiger partial charge in [-0.25, -0.2) is 0 Å². The molecule has 3 aromatic rings. The van der Waals surface area contributed by atoms with Crippen molar-refractivity contribution in [1.82, 2.24) is 0 Å². The molecular formula is C31H35N3O4. The molecule has 1 unspecified atom stereocenters. The molecule has 0 aliphatic carbocycles. The third kappa shape index (κ3) is 4.84. The van der Waals surface area contributed by atoms with E-state index >= 15 is 0 Å². The Morgan fingerprint density at radius 2 is 1.53 bits per heavy atom. The molecule has 7 heteroatoms. The number of amides is 1. The van der Waals surface area contributed by atoms with Crippen molar-refractivity contribution in [3.63, 3.8) is 0 Å². The number of methoxy groups -OCH3 is 1. The molecule has 1 atom stereocenters. The summed E-state index contributed by atoms with van der Waals surface area (Å²) in [6.07, 6.45) is 0. The van der Waals surface area contributed by atoms with Crippen molar-refractivity contribution in [3.05, 3.63) is 89.0 Å². The molecule has 0 bridgehead atoms. The average Bonchev–Trinajstić information content (AvgIpc) is 3.19. The highest BCUT2D eigenvalue weighted by Crippen LogP contribution is 2.43. The van der Waals surface area contributed by atoms with Crippen LogP contribution in [0.4, 0.5) is 17.1 Å². The lowest BCUT2D eigenvalue weighted by atomic mass is 9.94. The van der Waals surface area contributed by atoms with Gasteiger partial charge in [0.15, 0.2) is 0 Å². The molecule has 0 aromatic heterocycles. The van der Waals surface area contributed by atoms with Crippen LogP contribution in [0.2, 0.25) is 0 Å². The standard InChI is InChI=1S/C31H35N3O4/c1-7-33(8-2)24-12-9-21(10-13-24)28-27(29(35)22-11-18-26(38-6)20(3)19-22)30(36)31(37)34(28)25-16-14-23(15-17-25)32(4)5/h9-19,28,35H,7-8H2,1-6H3/b29-27-. The van der Waals surface area contributed by atoms with Crippen molar-refractivity contribution in [3.8, 4) is 5.75 Å². The lowest BCUT2D eigenvalue weighted by Gasteiger charge is -2.27. The Labute approximate surface area is 224 Å². The number of anilines is 3. The van der Waals surface area contributed by atoms with E-state index in [1.807, 2.05) is 74.4 Å². The van der Waals surface area contributed by atoms with Crippen LogP contribution in [0, 0.1) is 6.92 Å². The second-order valence-electron chi connectivity index (χ2n) is 9.53. The number of carbonyl (C=O) groups excluding carboxylic acids is 2. The highest BCUT2D eigenvalue weighted by atomic mass is 16.5. The normalized spacial score (nSPS) is 16.6. The first-order valence-corrected chi connectivity index (χ1v) is 12.8. The molecule has 0 spiro atoms. The molecule has 1 N–H and O–H groups in total. The van der Waals surface area contributed by atoms with Crippen molar-refractivity contribution in [2.45, 2.75) is 26.8 Å². The van der Waals surface area contributed by atoms with Gasteiger partial charge in [0.25, 0.3) is 11.7 Å². The maximum absolute atomic E-state index is 13.5. The van der Waals surface area contributed by atoms with Crippen LogP contribution in [0.5, 0.6) is 5.75 Å². The molecule has 0 radical (unpaired) electrons. The fourth-order valence-corrected chi connectivity index (χ4v) is 4.96. The highest BCUT2D eigenvalue weighted by Gasteiger charge is 2.47. The number of hydrogen-bond donors (Lipinski definition) is 1. The van der Waals surface area contributed by atoms with Gasteiger partial charge in [-0.1, -0.05) is 12.1 Å². The number of benzene rings is 3. The first-order valence-electron chi connectivity index (χ1n) is 12.8. The fraction of sp³-hybridized carbons (Fsp3) is 0.290. The molecule has 1 aliphatic rings. The number of aryl methyl sites for hydroxylation is 1. The first kappa shape index (κ1) is 26.8. The molecular weight excluding hydrogens is 478 g/mol. The van der Waals surface area contributed by atoms with Crippen LogP contribution in [-0.4, -0.2) is 51.1 Å². The predicted molar refractivity (Wildman–Crippen MR) is 153 cm³/mol. The Balaban J connectivity index is 1.89. The summed E-state index contributed by atoms with van der Waals surface area (Å²) in [5.41, 5.74) is 4.67. The summed E-state index contributed by atoms with van der Waals surface area (Å²) in [5.74, 6) is -0.927. The summed E-state index contributed by atoms with van der Waals surface area (Å²) < 4.78 is 5.35. The number of ketones is 1. The van der Waals surface area contributed by atoms with Gasteiger partial charge in [-0.05, 0) is 86.5 Å². The topological polar surface area (TPSA) is 73.3 Å². The second-order valence-corrected chi connectivity index (χ2v) is 9.53. The lowest BCUT2D eigenvalue weighted by molar-refractivity contribution is -0.132. The molecule has 0 saturated carbocycles. The molecule has 1 aliphatic heterocycles. The number of ether oxygens (including phenoxy) is 1. The smallest absolute Gasteiger partial charge is 0.300 e. The van der Waals surface area contributed by atoms with E-state index in [2.05, 4.69) is 18.7 Å². The zero-order chi connectivity index (χ0) is 27.6. The minimum absolute atomic E-state index is 0.0619. The van der Waals surface area contributed by atoms with Crippen LogP contribution in [0.15, 0.2) is 72.3 Å². The molecule has 4 rings (SSSR count). The lowest BCUT2D eigenvalue weighted by Crippen LogP contribution is -2.29. The first-order chi connectivity index (χ1) is 18.2. The molecule has 38 heavy (non-hydrogen) atoms. The third-order valence-electron chi connectivity index (χ3n) is 7.09. The van der Waals surface area contributed by atoms with E-state index in [-0.39, 0.29) is 11.3 Å². The van der Waals surface area contributed by atoms with Gasteiger partial charge in [0, 0.05) is 49.8 Å². The van der Waals surface area contributed by atoms with Crippen LogP contribution in [-0.2, 0) is 9.59 Å². The maximum Gasteiger partial charge on any atom is 0.300 e. The summed E-state index contributed by atoms with van der Waals surface area (Å²) in [5, 5.41) is 11.5. The maximum atomic E-state index is 13.5. The predicted octanol–water partition coefficient (Wildman–Crippen LogP) is 5.54. The van der Waals surface area contributed by atoms with Crippen molar-refractivity contribution in [1.29, 1.82) is 0 Å². The quantitative estimate of drug-likeness (QED) is 0.242. The van der Waals surface area contributed by atoms with Gasteiger partial charge in [-0.3, -0.25) is 14.5 Å². The zero-order valence-corrected chi connectivity index (χ0v) is 22.9. The van der Waals surface area contributed by atoms with Gasteiger partial charge >= 0.3 is 0 Å². The van der Waals surface area contributed by atoms with Crippen LogP contribution in [0.1, 0.15) is 36.6 Å². The number of carbonyl (C=O) groups is 2. The van der Waals surface area contributed by atoms with E-state index < -0.39 is 17.7 Å². The van der Waals surface area contributed by atoms with E-state index in [9.17, 15) is 14.7 Å². The Morgan fingerprint density at radius 3 is 2.05 bits per heavy atom. The number of hydrogen-bond acceptors (Lipinski definition) is 6. The Bertz CT molecular complexity index is 1360. The summed E-state index contributed by atoms with van der Waals surface area (Å²) in [4.78, 5) is 32.6. The van der Waals surface area contributed by atoms with E-state index in [4.69, 9.17) is 4.74 Å². The molecule has 1 fully saturated rings. The number of rotatable bonds is 8. The highest BCUT2D eigenvalue weighted by molar-refractivity contribution is 6.51. The van der Waals surface area contributed by atoms with Crippen LogP contribution < -0.4 is 19.4 Å². The fourth-order valence-electron chi connectivity index (χ4n) is 4.96. The van der Waals surface area contributed by atoms with Crippen molar-refractivity contribution >= 4 is 34.5 Å². The van der Waals surface area contributed by atoms with Crippen LogP contribution in [0.25, 0.3) is 5.76 Å². The summed E-state index contributed by atoms with van der Waals surface area (Å²) in [6, 6.07) is 19.7. The van der Waals surface area contributed by atoms with E-state index in [0.29, 0.717) is 17.0 Å². The minimum Gasteiger partial charge on any atom is -0.507 e.